The van der Waals surface area contributed by atoms with Crippen molar-refractivity contribution >= 4 is 23.4 Å². The predicted molar refractivity (Wildman–Crippen MR) is 86.8 cm³/mol. The van der Waals surface area contributed by atoms with Gasteiger partial charge < -0.3 is 10.6 Å². The molecule has 0 aliphatic heterocycles. The molecule has 0 heterocycles. The van der Waals surface area contributed by atoms with Crippen molar-refractivity contribution < 1.29 is 9.59 Å². The first-order chi connectivity index (χ1) is 10.6. The van der Waals surface area contributed by atoms with Gasteiger partial charge >= 0.3 is 0 Å². The summed E-state index contributed by atoms with van der Waals surface area (Å²) in [5.41, 5.74) is 1.26. The molecule has 2 aromatic rings. The van der Waals surface area contributed by atoms with Crippen molar-refractivity contribution in [3.05, 3.63) is 70.7 Å². The highest BCUT2D eigenvalue weighted by molar-refractivity contribution is 6.33. The van der Waals surface area contributed by atoms with Crippen LogP contribution in [0.5, 0.6) is 0 Å². The second-order valence-corrected chi connectivity index (χ2v) is 5.20. The highest BCUT2D eigenvalue weighted by Crippen LogP contribution is 2.20. The van der Waals surface area contributed by atoms with Crippen molar-refractivity contribution in [2.24, 2.45) is 0 Å². The number of rotatable bonds is 5. The van der Waals surface area contributed by atoms with Crippen LogP contribution in [0.3, 0.4) is 0 Å². The summed E-state index contributed by atoms with van der Waals surface area (Å²) in [7, 11) is 1.57. The zero-order valence-corrected chi connectivity index (χ0v) is 12.9. The summed E-state index contributed by atoms with van der Waals surface area (Å²) in [6.07, 6.45) is 0.163. The summed E-state index contributed by atoms with van der Waals surface area (Å²) in [5.74, 6) is -0.448. The molecule has 5 heteroatoms. The molecule has 2 amide bonds. The van der Waals surface area contributed by atoms with Gasteiger partial charge in [-0.2, -0.15) is 0 Å². The maximum absolute atomic E-state index is 12.4. The van der Waals surface area contributed by atoms with Crippen molar-refractivity contribution in [2.45, 2.75) is 12.5 Å². The van der Waals surface area contributed by atoms with Gasteiger partial charge in [0.25, 0.3) is 5.91 Å². The van der Waals surface area contributed by atoms with Crippen LogP contribution < -0.4 is 10.6 Å². The fraction of sp³-hybridized carbons (Fsp3) is 0.176. The smallest absolute Gasteiger partial charge is 0.253 e. The lowest BCUT2D eigenvalue weighted by Crippen LogP contribution is -2.32. The third-order valence-electron chi connectivity index (χ3n) is 3.29. The summed E-state index contributed by atoms with van der Waals surface area (Å²) in [6, 6.07) is 15.8. The zero-order chi connectivity index (χ0) is 15.9. The van der Waals surface area contributed by atoms with Crippen LogP contribution >= 0.6 is 11.6 Å². The molecular weight excluding hydrogens is 300 g/mol. The topological polar surface area (TPSA) is 58.2 Å². The molecule has 0 aliphatic carbocycles. The number of carbonyl (C=O) groups is 2. The zero-order valence-electron chi connectivity index (χ0n) is 12.2. The molecule has 0 radical (unpaired) electrons. The highest BCUT2D eigenvalue weighted by Gasteiger charge is 2.19. The SMILES string of the molecule is CNC(=O)C[C@@H](NC(=O)c1ccccc1Cl)c1ccccc1. The largest absolute Gasteiger partial charge is 0.359 e. The molecule has 2 N–H and O–H groups in total. The van der Waals surface area contributed by atoms with Crippen LogP contribution in [-0.4, -0.2) is 18.9 Å². The van der Waals surface area contributed by atoms with Gasteiger partial charge in [0.15, 0.2) is 0 Å². The lowest BCUT2D eigenvalue weighted by Gasteiger charge is -2.19. The number of carbonyl (C=O) groups excluding carboxylic acids is 2. The van der Waals surface area contributed by atoms with Crippen LogP contribution in [0, 0.1) is 0 Å². The Morgan fingerprint density at radius 1 is 1.05 bits per heavy atom. The maximum atomic E-state index is 12.4. The fourth-order valence-corrected chi connectivity index (χ4v) is 2.33. The van der Waals surface area contributed by atoms with E-state index in [9.17, 15) is 9.59 Å². The van der Waals surface area contributed by atoms with E-state index in [-0.39, 0.29) is 18.2 Å². The van der Waals surface area contributed by atoms with Gasteiger partial charge in [0.05, 0.1) is 23.0 Å². The Kier molecular flexibility index (Phi) is 5.55. The maximum Gasteiger partial charge on any atom is 0.253 e. The van der Waals surface area contributed by atoms with Crippen LogP contribution in [-0.2, 0) is 4.79 Å². The van der Waals surface area contributed by atoms with Crippen LogP contribution in [0.1, 0.15) is 28.4 Å². The predicted octanol–water partition coefficient (Wildman–Crippen LogP) is 2.95. The van der Waals surface area contributed by atoms with E-state index in [0.717, 1.165) is 5.56 Å². The number of hydrogen-bond acceptors (Lipinski definition) is 2. The first-order valence-corrected chi connectivity index (χ1v) is 7.30. The molecule has 114 valence electrons. The lowest BCUT2D eigenvalue weighted by molar-refractivity contribution is -0.121. The first kappa shape index (κ1) is 16.0. The third kappa shape index (κ3) is 4.09. The van der Waals surface area contributed by atoms with E-state index < -0.39 is 6.04 Å². The summed E-state index contributed by atoms with van der Waals surface area (Å²) in [4.78, 5) is 24.1. The number of halogens is 1. The summed E-state index contributed by atoms with van der Waals surface area (Å²) in [6.45, 7) is 0. The van der Waals surface area contributed by atoms with E-state index in [4.69, 9.17) is 11.6 Å². The van der Waals surface area contributed by atoms with Gasteiger partial charge in [0.1, 0.15) is 0 Å². The molecule has 0 aromatic heterocycles. The minimum Gasteiger partial charge on any atom is -0.359 e. The minimum absolute atomic E-state index is 0.145. The standard InChI is InChI=1S/C17H17ClN2O2/c1-19-16(21)11-15(12-7-3-2-4-8-12)20-17(22)13-9-5-6-10-14(13)18/h2-10,15H,11H2,1H3,(H,19,21)(H,20,22)/t15-/m1/s1. The summed E-state index contributed by atoms with van der Waals surface area (Å²) < 4.78 is 0. The Hall–Kier alpha value is -2.33. The lowest BCUT2D eigenvalue weighted by atomic mass is 10.0. The molecule has 2 rings (SSSR count). The van der Waals surface area contributed by atoms with Crippen molar-refractivity contribution in [1.82, 2.24) is 10.6 Å². The Morgan fingerprint density at radius 3 is 2.32 bits per heavy atom. The Morgan fingerprint density at radius 2 is 1.68 bits per heavy atom. The van der Waals surface area contributed by atoms with E-state index in [1.165, 1.54) is 0 Å². The van der Waals surface area contributed by atoms with Crippen LogP contribution in [0.15, 0.2) is 54.6 Å². The Bertz CT molecular complexity index is 659. The molecule has 0 fully saturated rings. The molecule has 0 saturated carbocycles. The molecule has 0 aliphatic rings. The fourth-order valence-electron chi connectivity index (χ4n) is 2.11. The molecule has 2 aromatic carbocycles. The van der Waals surface area contributed by atoms with Crippen molar-refractivity contribution in [2.75, 3.05) is 7.05 Å². The van der Waals surface area contributed by atoms with Crippen molar-refractivity contribution in [3.8, 4) is 0 Å². The normalized spacial score (nSPS) is 11.5. The number of benzene rings is 2. The molecule has 0 bridgehead atoms. The van der Waals surface area contributed by atoms with E-state index in [0.29, 0.717) is 10.6 Å². The molecule has 4 nitrogen and oxygen atoms in total. The second kappa shape index (κ2) is 7.61. The average molecular weight is 317 g/mol. The van der Waals surface area contributed by atoms with E-state index in [1.54, 1.807) is 31.3 Å². The molecule has 22 heavy (non-hydrogen) atoms. The van der Waals surface area contributed by atoms with E-state index in [2.05, 4.69) is 10.6 Å². The second-order valence-electron chi connectivity index (χ2n) is 4.79. The molecule has 0 spiro atoms. The van der Waals surface area contributed by atoms with E-state index in [1.807, 2.05) is 30.3 Å². The summed E-state index contributed by atoms with van der Waals surface area (Å²) >= 11 is 6.04. The Balaban J connectivity index is 2.21. The summed E-state index contributed by atoms with van der Waals surface area (Å²) in [5, 5.41) is 5.83. The van der Waals surface area contributed by atoms with Crippen LogP contribution in [0.25, 0.3) is 0 Å². The van der Waals surface area contributed by atoms with Crippen molar-refractivity contribution in [1.29, 1.82) is 0 Å². The van der Waals surface area contributed by atoms with Gasteiger partial charge in [-0.05, 0) is 17.7 Å². The van der Waals surface area contributed by atoms with Crippen LogP contribution in [0.4, 0.5) is 0 Å². The van der Waals surface area contributed by atoms with Gasteiger partial charge in [-0.15, -0.1) is 0 Å². The quantitative estimate of drug-likeness (QED) is 0.891. The Labute approximate surface area is 134 Å². The van der Waals surface area contributed by atoms with Gasteiger partial charge in [-0.1, -0.05) is 54.1 Å². The molecular formula is C17H17ClN2O2. The van der Waals surface area contributed by atoms with Gasteiger partial charge in [0.2, 0.25) is 5.91 Å². The van der Waals surface area contributed by atoms with E-state index >= 15 is 0 Å². The average Bonchev–Trinajstić information content (AvgIpc) is 2.55. The molecule has 0 saturated heterocycles. The number of hydrogen-bond donors (Lipinski definition) is 2. The van der Waals surface area contributed by atoms with Gasteiger partial charge in [-0.25, -0.2) is 0 Å². The highest BCUT2D eigenvalue weighted by atomic mass is 35.5. The van der Waals surface area contributed by atoms with Crippen molar-refractivity contribution in [3.63, 3.8) is 0 Å². The van der Waals surface area contributed by atoms with Crippen LogP contribution in [0.2, 0.25) is 5.02 Å². The minimum atomic E-state index is -0.412. The van der Waals surface area contributed by atoms with Gasteiger partial charge in [0, 0.05) is 7.05 Å². The molecule has 0 unspecified atom stereocenters. The molecule has 1 atom stereocenters. The van der Waals surface area contributed by atoms with Gasteiger partial charge in [-0.3, -0.25) is 9.59 Å². The monoisotopic (exact) mass is 316 g/mol. The third-order valence-corrected chi connectivity index (χ3v) is 3.62. The number of nitrogens with one attached hydrogen (secondary N) is 2. The first-order valence-electron chi connectivity index (χ1n) is 6.92. The number of amides is 2.